The van der Waals surface area contributed by atoms with Gasteiger partial charge in [-0.05, 0) is 0 Å². The number of ether oxygens (including phenoxy) is 1. The molecule has 0 radical (unpaired) electrons. The third-order valence-corrected chi connectivity index (χ3v) is 3.42. The van der Waals surface area contributed by atoms with Crippen LogP contribution in [-0.4, -0.2) is 62.5 Å². The summed E-state index contributed by atoms with van der Waals surface area (Å²) in [4.78, 5) is 3.51. The number of nitriles is 1. The molecule has 17 heavy (non-hydrogen) atoms. The molecule has 0 spiro atoms. The minimum absolute atomic E-state index is 0.366. The molecule has 0 aromatic carbocycles. The summed E-state index contributed by atoms with van der Waals surface area (Å²) in [6.07, 6.45) is -2.19. The fourth-order valence-corrected chi connectivity index (χ4v) is 2.46. The maximum absolute atomic E-state index is 9.75. The second-order valence-corrected chi connectivity index (χ2v) is 4.53. The molecular weight excluding hydrogens is 248 g/mol. The van der Waals surface area contributed by atoms with E-state index in [4.69, 9.17) is 15.1 Å². The third kappa shape index (κ3) is 2.37. The van der Waals surface area contributed by atoms with Gasteiger partial charge in [-0.25, -0.2) is 0 Å². The highest BCUT2D eigenvalue weighted by Gasteiger charge is 2.46. The van der Waals surface area contributed by atoms with E-state index in [1.807, 2.05) is 0 Å². The van der Waals surface area contributed by atoms with Crippen molar-refractivity contribution in [2.75, 3.05) is 12.5 Å². The Kier molecular flexibility index (Phi) is 3.82. The zero-order valence-electron chi connectivity index (χ0n) is 8.72. The molecular formula is C8H12N4O4S. The Labute approximate surface area is 101 Å². The van der Waals surface area contributed by atoms with E-state index in [0.717, 1.165) is 0 Å². The van der Waals surface area contributed by atoms with Gasteiger partial charge in [-0.3, -0.25) is 5.43 Å². The van der Waals surface area contributed by atoms with Gasteiger partial charge in [-0.2, -0.15) is 10.3 Å². The van der Waals surface area contributed by atoms with E-state index in [-0.39, 0.29) is 6.61 Å². The molecule has 0 unspecified atom stereocenters. The van der Waals surface area contributed by atoms with Crippen LogP contribution in [0.1, 0.15) is 0 Å². The van der Waals surface area contributed by atoms with Crippen molar-refractivity contribution in [1.82, 2.24) is 10.4 Å². The van der Waals surface area contributed by atoms with Crippen LogP contribution in [0.5, 0.6) is 0 Å². The fourth-order valence-electron chi connectivity index (χ4n) is 1.70. The van der Waals surface area contributed by atoms with Crippen molar-refractivity contribution in [3.05, 3.63) is 0 Å². The molecule has 8 nitrogen and oxygen atoms in total. The van der Waals surface area contributed by atoms with Gasteiger partial charge in [0, 0.05) is 0 Å². The molecule has 0 bridgehead atoms. The minimum atomic E-state index is -1.13. The highest BCUT2D eigenvalue weighted by Crippen LogP contribution is 2.26. The Morgan fingerprint density at radius 2 is 2.35 bits per heavy atom. The van der Waals surface area contributed by atoms with Crippen molar-refractivity contribution in [2.45, 2.75) is 24.5 Å². The van der Waals surface area contributed by atoms with Gasteiger partial charge in [0.1, 0.15) is 18.3 Å². The molecule has 2 aliphatic rings. The fraction of sp³-hybridized carbons (Fsp3) is 0.750. The van der Waals surface area contributed by atoms with Crippen molar-refractivity contribution >= 4 is 16.9 Å². The number of amidine groups is 1. The summed E-state index contributed by atoms with van der Waals surface area (Å²) < 4.78 is 5.31. The van der Waals surface area contributed by atoms with E-state index in [9.17, 15) is 10.2 Å². The summed E-state index contributed by atoms with van der Waals surface area (Å²) >= 11 is 1.28. The topological polar surface area (TPSA) is 121 Å². The van der Waals surface area contributed by atoms with Gasteiger partial charge in [0.25, 0.3) is 0 Å². The molecule has 2 heterocycles. The van der Waals surface area contributed by atoms with Crippen molar-refractivity contribution in [3.8, 4) is 6.19 Å². The van der Waals surface area contributed by atoms with Crippen LogP contribution in [0.15, 0.2) is 4.99 Å². The lowest BCUT2D eigenvalue weighted by Gasteiger charge is -2.24. The standard InChI is InChI=1S/C8H12N4O4S/c9-2-10-8-11-12(3-17-8)7-6(15)5(14)4(1-13)16-7/h4-7,13-15H,1,3H2,(H,10,11)/t4-,5-,6-,7-/m1/s1. The Balaban J connectivity index is 2.01. The molecule has 0 saturated carbocycles. The second kappa shape index (κ2) is 5.18. The van der Waals surface area contributed by atoms with Crippen molar-refractivity contribution in [1.29, 1.82) is 5.26 Å². The van der Waals surface area contributed by atoms with E-state index in [2.05, 4.69) is 10.4 Å². The Bertz CT molecular complexity index is 360. The maximum Gasteiger partial charge on any atom is 0.208 e. The predicted molar refractivity (Wildman–Crippen MR) is 58.2 cm³/mol. The van der Waals surface area contributed by atoms with Crippen LogP contribution in [0, 0.1) is 11.5 Å². The van der Waals surface area contributed by atoms with Crippen molar-refractivity contribution in [2.24, 2.45) is 4.99 Å². The van der Waals surface area contributed by atoms with E-state index < -0.39 is 24.5 Å². The summed E-state index contributed by atoms with van der Waals surface area (Å²) in [5, 5.41) is 38.6. The molecule has 0 amide bonds. The van der Waals surface area contributed by atoms with Crippen LogP contribution >= 0.6 is 11.8 Å². The highest BCUT2D eigenvalue weighted by molar-refractivity contribution is 8.14. The van der Waals surface area contributed by atoms with E-state index >= 15 is 0 Å². The van der Waals surface area contributed by atoms with Gasteiger partial charge in [0.2, 0.25) is 6.19 Å². The lowest BCUT2D eigenvalue weighted by atomic mass is 10.1. The Morgan fingerprint density at radius 3 is 2.94 bits per heavy atom. The number of hydrogen-bond acceptors (Lipinski definition) is 8. The molecule has 2 rings (SSSR count). The first-order chi connectivity index (χ1) is 8.17. The first-order valence-electron chi connectivity index (χ1n) is 4.92. The molecule has 0 aliphatic carbocycles. The average Bonchev–Trinajstić information content (AvgIpc) is 2.87. The average molecular weight is 260 g/mol. The number of nitrogens with zero attached hydrogens (tertiary/aromatic N) is 3. The lowest BCUT2D eigenvalue weighted by molar-refractivity contribution is -0.0988. The van der Waals surface area contributed by atoms with Gasteiger partial charge < -0.3 is 20.1 Å². The number of thioether (sulfide) groups is 1. The molecule has 2 saturated heterocycles. The second-order valence-electron chi connectivity index (χ2n) is 3.60. The van der Waals surface area contributed by atoms with E-state index in [1.54, 1.807) is 6.19 Å². The van der Waals surface area contributed by atoms with Crippen molar-refractivity contribution < 1.29 is 20.1 Å². The van der Waals surface area contributed by atoms with Crippen LogP contribution in [-0.2, 0) is 4.74 Å². The number of nitrogens with one attached hydrogen (secondary N) is 1. The summed E-state index contributed by atoms with van der Waals surface area (Å²) in [5.41, 5.74) is 2.78. The number of aliphatic imine (C=N–C) groups is 1. The number of hydrogen-bond donors (Lipinski definition) is 4. The molecule has 94 valence electrons. The van der Waals surface area contributed by atoms with Gasteiger partial charge in [-0.15, -0.1) is 4.99 Å². The highest BCUT2D eigenvalue weighted by atomic mass is 32.2. The van der Waals surface area contributed by atoms with Crippen LogP contribution < -0.4 is 5.43 Å². The first kappa shape index (κ1) is 12.6. The van der Waals surface area contributed by atoms with Crippen molar-refractivity contribution in [3.63, 3.8) is 0 Å². The number of aliphatic hydroxyl groups excluding tert-OH is 3. The Hall–Kier alpha value is -0.890. The van der Waals surface area contributed by atoms with Crippen LogP contribution in [0.4, 0.5) is 0 Å². The summed E-state index contributed by atoms with van der Waals surface area (Å²) in [5.74, 6) is 0.424. The summed E-state index contributed by atoms with van der Waals surface area (Å²) in [6.45, 7) is -0.366. The number of rotatable bonds is 2. The molecule has 0 aromatic rings. The summed E-state index contributed by atoms with van der Waals surface area (Å²) in [6, 6.07) is 0. The molecule has 2 aliphatic heterocycles. The largest absolute Gasteiger partial charge is 0.394 e. The minimum Gasteiger partial charge on any atom is -0.394 e. The zero-order chi connectivity index (χ0) is 12.4. The molecule has 2 fully saturated rings. The van der Waals surface area contributed by atoms with Gasteiger partial charge in [0.15, 0.2) is 11.4 Å². The Morgan fingerprint density at radius 1 is 1.59 bits per heavy atom. The van der Waals surface area contributed by atoms with Gasteiger partial charge >= 0.3 is 0 Å². The first-order valence-corrected chi connectivity index (χ1v) is 5.91. The normalized spacial score (nSPS) is 40.5. The zero-order valence-corrected chi connectivity index (χ0v) is 9.54. The molecule has 9 heteroatoms. The van der Waals surface area contributed by atoms with Gasteiger partial charge in [-0.1, -0.05) is 11.8 Å². The SMILES string of the molecule is N#CN=C1NN([C@@H]2O[C@H](CO)[C@@H](O)[C@H]2O)CS1. The molecule has 4 atom stereocenters. The number of aliphatic hydroxyl groups is 3. The number of hydrazine groups is 1. The van der Waals surface area contributed by atoms with Gasteiger partial charge in [0.05, 0.1) is 12.5 Å². The van der Waals surface area contributed by atoms with Crippen LogP contribution in [0.2, 0.25) is 0 Å². The monoisotopic (exact) mass is 260 g/mol. The third-order valence-electron chi connectivity index (χ3n) is 2.56. The maximum atomic E-state index is 9.75. The lowest BCUT2D eigenvalue weighted by Crippen LogP contribution is -2.48. The van der Waals surface area contributed by atoms with E-state index in [1.165, 1.54) is 16.8 Å². The predicted octanol–water partition coefficient (Wildman–Crippen LogP) is -2.23. The van der Waals surface area contributed by atoms with Crippen LogP contribution in [0.3, 0.4) is 0 Å². The molecule has 0 aromatic heterocycles. The quantitative estimate of drug-likeness (QED) is 0.412. The molecule has 4 N–H and O–H groups in total. The smallest absolute Gasteiger partial charge is 0.208 e. The van der Waals surface area contributed by atoms with Crippen LogP contribution in [0.25, 0.3) is 0 Å². The summed E-state index contributed by atoms with van der Waals surface area (Å²) in [7, 11) is 0. The van der Waals surface area contributed by atoms with E-state index in [0.29, 0.717) is 11.0 Å².